The van der Waals surface area contributed by atoms with Crippen LogP contribution in [0, 0.1) is 0 Å². The van der Waals surface area contributed by atoms with Crippen LogP contribution >= 0.6 is 0 Å². The molecular formula is C23H29F2N3O4S. The Hall–Kier alpha value is -2.59. The molecule has 0 saturated carbocycles. The van der Waals surface area contributed by atoms with Crippen molar-refractivity contribution in [3.8, 4) is 11.3 Å². The van der Waals surface area contributed by atoms with Gasteiger partial charge in [-0.05, 0) is 43.7 Å². The molecule has 33 heavy (non-hydrogen) atoms. The van der Waals surface area contributed by atoms with Gasteiger partial charge in [-0.15, -0.1) is 0 Å². The molecule has 1 fully saturated rings. The SMILES string of the molecule is CN(Cc1ccc(-c2ccc(S(C)(=O)=O)cc2)nc1)C1CCN(C(=O)OC(CF)CF)CC1. The van der Waals surface area contributed by atoms with E-state index >= 15 is 0 Å². The summed E-state index contributed by atoms with van der Waals surface area (Å²) in [5.74, 6) is 0. The van der Waals surface area contributed by atoms with Crippen molar-refractivity contribution in [2.75, 3.05) is 39.7 Å². The number of benzene rings is 1. The zero-order valence-electron chi connectivity index (χ0n) is 18.8. The number of hydrogen-bond acceptors (Lipinski definition) is 6. The fraction of sp³-hybridized carbons (Fsp3) is 0.478. The predicted molar refractivity (Wildman–Crippen MR) is 121 cm³/mol. The standard InChI is InChI=1S/C23H29F2N3O4S/c1-27(19-9-11-28(12-10-19)23(29)32-20(13-24)14-25)16-17-3-8-22(26-15-17)18-4-6-21(7-5-18)33(2,30)31/h3-8,15,19-20H,9-14,16H2,1-2H3. The summed E-state index contributed by atoms with van der Waals surface area (Å²) in [5.41, 5.74) is 2.63. The van der Waals surface area contributed by atoms with Crippen LogP contribution in [0.1, 0.15) is 18.4 Å². The lowest BCUT2D eigenvalue weighted by molar-refractivity contribution is 0.0282. The Balaban J connectivity index is 1.52. The molecule has 1 saturated heterocycles. The number of sulfone groups is 1. The number of piperidine rings is 1. The van der Waals surface area contributed by atoms with E-state index in [0.717, 1.165) is 29.7 Å². The van der Waals surface area contributed by atoms with Gasteiger partial charge in [0, 0.05) is 43.7 Å². The molecule has 0 atom stereocenters. The quantitative estimate of drug-likeness (QED) is 0.574. The van der Waals surface area contributed by atoms with E-state index in [1.54, 1.807) is 30.5 Å². The van der Waals surface area contributed by atoms with Gasteiger partial charge in [0.05, 0.1) is 10.6 Å². The van der Waals surface area contributed by atoms with E-state index < -0.39 is 35.4 Å². The Labute approximate surface area is 193 Å². The lowest BCUT2D eigenvalue weighted by Crippen LogP contribution is -2.46. The number of aromatic nitrogens is 1. The van der Waals surface area contributed by atoms with E-state index in [9.17, 15) is 22.0 Å². The van der Waals surface area contributed by atoms with Crippen molar-refractivity contribution in [3.63, 3.8) is 0 Å². The van der Waals surface area contributed by atoms with Crippen molar-refractivity contribution in [2.24, 2.45) is 0 Å². The summed E-state index contributed by atoms with van der Waals surface area (Å²) in [6, 6.07) is 10.8. The Morgan fingerprint density at radius 3 is 2.30 bits per heavy atom. The van der Waals surface area contributed by atoms with Gasteiger partial charge in [0.25, 0.3) is 0 Å². The average molecular weight is 482 g/mol. The molecule has 0 unspecified atom stereocenters. The van der Waals surface area contributed by atoms with Crippen LogP contribution in [0.25, 0.3) is 11.3 Å². The number of carbonyl (C=O) groups excluding carboxylic acids is 1. The molecule has 1 aromatic carbocycles. The van der Waals surface area contributed by atoms with Gasteiger partial charge in [-0.3, -0.25) is 9.88 Å². The molecule has 10 heteroatoms. The number of carbonyl (C=O) groups is 1. The van der Waals surface area contributed by atoms with Crippen LogP contribution in [0.15, 0.2) is 47.5 Å². The second-order valence-corrected chi connectivity index (χ2v) is 10.3. The zero-order chi connectivity index (χ0) is 24.0. The van der Waals surface area contributed by atoms with Gasteiger partial charge in [0.15, 0.2) is 15.9 Å². The molecule has 180 valence electrons. The summed E-state index contributed by atoms with van der Waals surface area (Å²) in [4.78, 5) is 20.5. The molecule has 0 N–H and O–H groups in total. The molecule has 1 aliphatic heterocycles. The third kappa shape index (κ3) is 6.70. The maximum absolute atomic E-state index is 12.6. The highest BCUT2D eigenvalue weighted by molar-refractivity contribution is 7.90. The molecule has 0 radical (unpaired) electrons. The fourth-order valence-electron chi connectivity index (χ4n) is 3.79. The first kappa shape index (κ1) is 25.0. The third-order valence-corrected chi connectivity index (χ3v) is 6.92. The van der Waals surface area contributed by atoms with Crippen LogP contribution in [0.5, 0.6) is 0 Å². The molecular weight excluding hydrogens is 452 g/mol. The fourth-order valence-corrected chi connectivity index (χ4v) is 4.42. The van der Waals surface area contributed by atoms with E-state index in [-0.39, 0.29) is 10.9 Å². The molecule has 2 aromatic rings. The summed E-state index contributed by atoms with van der Waals surface area (Å²) in [7, 11) is -1.22. The van der Waals surface area contributed by atoms with E-state index in [4.69, 9.17) is 4.74 Å². The minimum absolute atomic E-state index is 0.260. The minimum atomic E-state index is -3.23. The van der Waals surface area contributed by atoms with Gasteiger partial charge < -0.3 is 9.64 Å². The van der Waals surface area contributed by atoms with E-state index in [1.807, 2.05) is 19.2 Å². The van der Waals surface area contributed by atoms with Gasteiger partial charge in [0.1, 0.15) is 13.3 Å². The average Bonchev–Trinajstić information content (AvgIpc) is 2.82. The van der Waals surface area contributed by atoms with Crippen molar-refractivity contribution in [1.82, 2.24) is 14.8 Å². The maximum atomic E-state index is 12.6. The van der Waals surface area contributed by atoms with Crippen molar-refractivity contribution >= 4 is 15.9 Å². The highest BCUT2D eigenvalue weighted by atomic mass is 32.2. The molecule has 0 bridgehead atoms. The van der Waals surface area contributed by atoms with Crippen LogP contribution in [-0.2, 0) is 21.1 Å². The normalized spacial score (nSPS) is 15.3. The lowest BCUT2D eigenvalue weighted by Gasteiger charge is -2.36. The number of halogens is 2. The highest BCUT2D eigenvalue weighted by Crippen LogP contribution is 2.22. The van der Waals surface area contributed by atoms with Crippen molar-refractivity contribution < 1.29 is 26.7 Å². The number of rotatable bonds is 8. The predicted octanol–water partition coefficient (Wildman–Crippen LogP) is 3.49. The molecule has 1 aliphatic rings. The summed E-state index contributed by atoms with van der Waals surface area (Å²) in [6.45, 7) is -0.429. The molecule has 0 spiro atoms. The topological polar surface area (TPSA) is 79.8 Å². The van der Waals surface area contributed by atoms with Gasteiger partial charge in [0.2, 0.25) is 0 Å². The highest BCUT2D eigenvalue weighted by Gasteiger charge is 2.27. The van der Waals surface area contributed by atoms with Crippen molar-refractivity contribution in [3.05, 3.63) is 48.2 Å². The maximum Gasteiger partial charge on any atom is 0.410 e. The number of pyridine rings is 1. The summed E-state index contributed by atoms with van der Waals surface area (Å²) in [6.07, 6.45) is 2.46. The Morgan fingerprint density at radius 2 is 1.79 bits per heavy atom. The smallest absolute Gasteiger partial charge is 0.410 e. The molecule has 2 heterocycles. The molecule has 3 rings (SSSR count). The second kappa shape index (κ2) is 11.0. The Morgan fingerprint density at radius 1 is 1.15 bits per heavy atom. The van der Waals surface area contributed by atoms with Crippen LogP contribution in [0.4, 0.5) is 13.6 Å². The summed E-state index contributed by atoms with van der Waals surface area (Å²) >= 11 is 0. The monoisotopic (exact) mass is 481 g/mol. The zero-order valence-corrected chi connectivity index (χ0v) is 19.6. The van der Waals surface area contributed by atoms with E-state index in [1.165, 1.54) is 11.2 Å². The van der Waals surface area contributed by atoms with Gasteiger partial charge in [-0.25, -0.2) is 22.0 Å². The van der Waals surface area contributed by atoms with Crippen LogP contribution in [-0.4, -0.2) is 81.2 Å². The van der Waals surface area contributed by atoms with Crippen LogP contribution in [0.2, 0.25) is 0 Å². The largest absolute Gasteiger partial charge is 0.441 e. The Bertz CT molecular complexity index is 1020. The van der Waals surface area contributed by atoms with Crippen LogP contribution < -0.4 is 0 Å². The van der Waals surface area contributed by atoms with Gasteiger partial charge in [-0.1, -0.05) is 18.2 Å². The second-order valence-electron chi connectivity index (χ2n) is 8.30. The molecule has 1 amide bonds. The molecule has 1 aromatic heterocycles. The van der Waals surface area contributed by atoms with Gasteiger partial charge in [-0.2, -0.15) is 0 Å². The number of nitrogens with zero attached hydrogens (tertiary/aromatic N) is 3. The van der Waals surface area contributed by atoms with Crippen molar-refractivity contribution in [2.45, 2.75) is 36.4 Å². The number of alkyl halides is 2. The summed E-state index contributed by atoms with van der Waals surface area (Å²) in [5, 5.41) is 0. The number of ether oxygens (including phenoxy) is 1. The first-order valence-electron chi connectivity index (χ1n) is 10.7. The number of amides is 1. The van der Waals surface area contributed by atoms with Gasteiger partial charge >= 0.3 is 6.09 Å². The minimum Gasteiger partial charge on any atom is -0.441 e. The Kier molecular flexibility index (Phi) is 8.36. The van der Waals surface area contributed by atoms with E-state index in [0.29, 0.717) is 19.6 Å². The first-order chi connectivity index (χ1) is 15.7. The number of hydrogen-bond donors (Lipinski definition) is 0. The lowest BCUT2D eigenvalue weighted by atomic mass is 10.0. The molecule has 7 nitrogen and oxygen atoms in total. The van der Waals surface area contributed by atoms with Crippen LogP contribution in [0.3, 0.4) is 0 Å². The van der Waals surface area contributed by atoms with E-state index in [2.05, 4.69) is 9.88 Å². The first-order valence-corrected chi connectivity index (χ1v) is 12.6. The third-order valence-electron chi connectivity index (χ3n) is 5.79. The van der Waals surface area contributed by atoms with Crippen molar-refractivity contribution in [1.29, 1.82) is 0 Å². The molecule has 0 aliphatic carbocycles. The number of likely N-dealkylation sites (tertiary alicyclic amines) is 1. The summed E-state index contributed by atoms with van der Waals surface area (Å²) < 4.78 is 53.2.